The Kier molecular flexibility index (Phi) is 6.49. The van der Waals surface area contributed by atoms with Crippen molar-refractivity contribution < 1.29 is 24.2 Å². The van der Waals surface area contributed by atoms with E-state index >= 15 is 0 Å². The number of carboxylic acids is 1. The number of carbonyl (C=O) groups is 3. The fourth-order valence-electron chi connectivity index (χ4n) is 3.72. The Balaban J connectivity index is 1.49. The summed E-state index contributed by atoms with van der Waals surface area (Å²) in [5, 5.41) is 9.04. The number of piperidine rings is 1. The van der Waals surface area contributed by atoms with E-state index in [1.807, 2.05) is 0 Å². The van der Waals surface area contributed by atoms with Crippen LogP contribution < -0.4 is 4.74 Å². The highest BCUT2D eigenvalue weighted by Gasteiger charge is 2.28. The summed E-state index contributed by atoms with van der Waals surface area (Å²) < 4.78 is 5.80. The number of rotatable bonds is 6. The first-order chi connectivity index (χ1) is 13.4. The lowest BCUT2D eigenvalue weighted by Crippen LogP contribution is -2.45. The molecule has 1 saturated heterocycles. The number of aliphatic carboxylic acids is 1. The minimum absolute atomic E-state index is 0.0447. The van der Waals surface area contributed by atoms with E-state index < -0.39 is 5.97 Å². The number of likely N-dealkylation sites (tertiary alicyclic amines) is 1. The molecule has 1 N–H and O–H groups in total. The number of pyridine rings is 1. The Hall–Kier alpha value is -2.64. The molecule has 1 aliphatic heterocycles. The van der Waals surface area contributed by atoms with Crippen LogP contribution in [0, 0.1) is 5.92 Å². The number of amides is 2. The summed E-state index contributed by atoms with van der Waals surface area (Å²) in [6, 6.07) is 3.36. The molecule has 28 heavy (non-hydrogen) atoms. The van der Waals surface area contributed by atoms with E-state index in [4.69, 9.17) is 9.84 Å². The molecule has 1 saturated carbocycles. The predicted molar refractivity (Wildman–Crippen MR) is 101 cm³/mol. The van der Waals surface area contributed by atoms with Gasteiger partial charge >= 0.3 is 5.97 Å². The quantitative estimate of drug-likeness (QED) is 0.796. The van der Waals surface area contributed by atoms with Gasteiger partial charge < -0.3 is 19.6 Å². The molecule has 3 rings (SSSR count). The molecule has 0 bridgehead atoms. The van der Waals surface area contributed by atoms with E-state index in [9.17, 15) is 14.4 Å². The first kappa shape index (κ1) is 20.1. The number of hydrogen-bond acceptors (Lipinski definition) is 5. The van der Waals surface area contributed by atoms with Crippen LogP contribution in [0.2, 0.25) is 0 Å². The van der Waals surface area contributed by atoms with Gasteiger partial charge in [-0.25, -0.2) is 4.98 Å². The highest BCUT2D eigenvalue weighted by atomic mass is 16.5. The summed E-state index contributed by atoms with van der Waals surface area (Å²) in [4.78, 5) is 43.2. The minimum atomic E-state index is -0.813. The van der Waals surface area contributed by atoms with Gasteiger partial charge in [-0.1, -0.05) is 0 Å². The van der Waals surface area contributed by atoms with Crippen LogP contribution in [0.1, 0.15) is 48.9 Å². The SMILES string of the molecule is CN(CC(=O)N1CCC(C(=O)O)CC1)C(=O)c1ccc(OC2CCCC2)nc1. The van der Waals surface area contributed by atoms with Crippen LogP contribution in [-0.4, -0.2) is 70.5 Å². The molecule has 0 atom stereocenters. The van der Waals surface area contributed by atoms with Crippen molar-refractivity contribution in [3.05, 3.63) is 23.9 Å². The van der Waals surface area contributed by atoms with Gasteiger partial charge in [-0.05, 0) is 44.6 Å². The average Bonchev–Trinajstić information content (AvgIpc) is 3.21. The molecule has 8 heteroatoms. The largest absolute Gasteiger partial charge is 0.481 e. The maximum atomic E-state index is 12.6. The molecule has 2 amide bonds. The first-order valence-corrected chi connectivity index (χ1v) is 9.83. The smallest absolute Gasteiger partial charge is 0.306 e. The van der Waals surface area contributed by atoms with E-state index in [0.29, 0.717) is 37.4 Å². The predicted octanol–water partition coefficient (Wildman–Crippen LogP) is 1.80. The first-order valence-electron chi connectivity index (χ1n) is 9.83. The number of carboxylic acid groups (broad SMARTS) is 1. The summed E-state index contributed by atoms with van der Waals surface area (Å²) in [7, 11) is 1.58. The van der Waals surface area contributed by atoms with Gasteiger partial charge in [0.05, 0.1) is 18.0 Å². The summed E-state index contributed by atoms with van der Waals surface area (Å²) >= 11 is 0. The monoisotopic (exact) mass is 389 g/mol. The van der Waals surface area contributed by atoms with Crippen molar-refractivity contribution in [3.63, 3.8) is 0 Å². The third-order valence-corrected chi connectivity index (χ3v) is 5.49. The van der Waals surface area contributed by atoms with Gasteiger partial charge in [-0.2, -0.15) is 0 Å². The lowest BCUT2D eigenvalue weighted by atomic mass is 9.97. The molecule has 0 radical (unpaired) electrons. The molecular weight excluding hydrogens is 362 g/mol. The van der Waals surface area contributed by atoms with Crippen LogP contribution in [0.5, 0.6) is 5.88 Å². The van der Waals surface area contributed by atoms with E-state index in [1.54, 1.807) is 24.1 Å². The van der Waals surface area contributed by atoms with Gasteiger partial charge in [0.25, 0.3) is 5.91 Å². The number of carbonyl (C=O) groups excluding carboxylic acids is 2. The standard InChI is InChI=1S/C20H27N3O5/c1-22(13-18(24)23-10-8-14(9-11-23)20(26)27)19(25)15-6-7-17(21-12-15)28-16-4-2-3-5-16/h6-7,12,14,16H,2-5,8-11,13H2,1H3,(H,26,27). The Bertz CT molecular complexity index is 707. The van der Waals surface area contributed by atoms with Crippen molar-refractivity contribution in [1.29, 1.82) is 0 Å². The Labute approximate surface area is 164 Å². The second kappa shape index (κ2) is 9.03. The molecule has 1 aromatic heterocycles. The van der Waals surface area contributed by atoms with Crippen molar-refractivity contribution in [2.45, 2.75) is 44.6 Å². The van der Waals surface area contributed by atoms with Crippen LogP contribution in [-0.2, 0) is 9.59 Å². The highest BCUT2D eigenvalue weighted by Crippen LogP contribution is 2.23. The summed E-state index contributed by atoms with van der Waals surface area (Å²) in [5.41, 5.74) is 0.402. The van der Waals surface area contributed by atoms with E-state index in [1.165, 1.54) is 23.9 Å². The normalized spacial score (nSPS) is 18.1. The van der Waals surface area contributed by atoms with Crippen molar-refractivity contribution in [3.8, 4) is 5.88 Å². The Morgan fingerprint density at radius 3 is 2.43 bits per heavy atom. The van der Waals surface area contributed by atoms with Gasteiger partial charge in [0.15, 0.2) is 0 Å². The van der Waals surface area contributed by atoms with Crippen molar-refractivity contribution in [1.82, 2.24) is 14.8 Å². The molecular formula is C20H27N3O5. The number of aromatic nitrogens is 1. The Morgan fingerprint density at radius 2 is 1.86 bits per heavy atom. The van der Waals surface area contributed by atoms with Gasteiger partial charge in [0.2, 0.25) is 11.8 Å². The third-order valence-electron chi connectivity index (χ3n) is 5.49. The lowest BCUT2D eigenvalue weighted by molar-refractivity contribution is -0.145. The Morgan fingerprint density at radius 1 is 1.18 bits per heavy atom. The van der Waals surface area contributed by atoms with Gasteiger partial charge in [-0.3, -0.25) is 14.4 Å². The van der Waals surface area contributed by atoms with Crippen LogP contribution in [0.3, 0.4) is 0 Å². The molecule has 0 unspecified atom stereocenters. The molecule has 2 fully saturated rings. The fourth-order valence-corrected chi connectivity index (χ4v) is 3.72. The van der Waals surface area contributed by atoms with E-state index in [0.717, 1.165) is 12.8 Å². The van der Waals surface area contributed by atoms with Crippen LogP contribution >= 0.6 is 0 Å². The maximum Gasteiger partial charge on any atom is 0.306 e. The van der Waals surface area contributed by atoms with Crippen molar-refractivity contribution in [2.75, 3.05) is 26.7 Å². The topological polar surface area (TPSA) is 100 Å². The van der Waals surface area contributed by atoms with Crippen LogP contribution in [0.4, 0.5) is 0 Å². The zero-order valence-electron chi connectivity index (χ0n) is 16.2. The molecule has 1 aliphatic carbocycles. The molecule has 2 heterocycles. The fraction of sp³-hybridized carbons (Fsp3) is 0.600. The molecule has 2 aliphatic rings. The minimum Gasteiger partial charge on any atom is -0.481 e. The number of likely N-dealkylation sites (N-methyl/N-ethyl adjacent to an activating group) is 1. The molecule has 0 aromatic carbocycles. The van der Waals surface area contributed by atoms with E-state index in [2.05, 4.69) is 4.98 Å². The summed E-state index contributed by atoms with van der Waals surface area (Å²) in [5.74, 6) is -1.14. The second-order valence-electron chi connectivity index (χ2n) is 7.56. The van der Waals surface area contributed by atoms with E-state index in [-0.39, 0.29) is 30.4 Å². The second-order valence-corrected chi connectivity index (χ2v) is 7.56. The molecule has 152 valence electrons. The number of hydrogen-bond donors (Lipinski definition) is 1. The lowest BCUT2D eigenvalue weighted by Gasteiger charge is -2.31. The molecule has 0 spiro atoms. The van der Waals surface area contributed by atoms with Gasteiger partial charge in [0, 0.05) is 32.4 Å². The van der Waals surface area contributed by atoms with Crippen molar-refractivity contribution in [2.24, 2.45) is 5.92 Å². The van der Waals surface area contributed by atoms with Crippen LogP contribution in [0.25, 0.3) is 0 Å². The molecule has 8 nitrogen and oxygen atoms in total. The summed E-state index contributed by atoms with van der Waals surface area (Å²) in [6.07, 6.45) is 7.01. The number of ether oxygens (including phenoxy) is 1. The molecule has 1 aromatic rings. The number of nitrogens with zero attached hydrogens (tertiary/aromatic N) is 3. The van der Waals surface area contributed by atoms with Crippen molar-refractivity contribution >= 4 is 17.8 Å². The zero-order chi connectivity index (χ0) is 20.1. The summed E-state index contributed by atoms with van der Waals surface area (Å²) in [6.45, 7) is 0.774. The maximum absolute atomic E-state index is 12.6. The van der Waals surface area contributed by atoms with Gasteiger partial charge in [0.1, 0.15) is 6.10 Å². The zero-order valence-corrected chi connectivity index (χ0v) is 16.2. The highest BCUT2D eigenvalue weighted by molar-refractivity contribution is 5.96. The third kappa shape index (κ3) is 4.99. The van der Waals surface area contributed by atoms with Crippen LogP contribution in [0.15, 0.2) is 18.3 Å². The van der Waals surface area contributed by atoms with Gasteiger partial charge in [-0.15, -0.1) is 0 Å². The average molecular weight is 389 g/mol.